The van der Waals surface area contributed by atoms with Crippen molar-refractivity contribution in [2.24, 2.45) is 0 Å². The maximum Gasteiger partial charge on any atom is 0.255 e. The maximum atomic E-state index is 12.3. The summed E-state index contributed by atoms with van der Waals surface area (Å²) < 4.78 is 0.967. The van der Waals surface area contributed by atoms with Crippen molar-refractivity contribution in [1.29, 1.82) is 0 Å². The second-order valence-electron chi connectivity index (χ2n) is 4.86. The van der Waals surface area contributed by atoms with Gasteiger partial charge in [-0.2, -0.15) is 0 Å². The van der Waals surface area contributed by atoms with Crippen LogP contribution in [0.15, 0.2) is 53.0 Å². The van der Waals surface area contributed by atoms with Gasteiger partial charge in [0.25, 0.3) is 5.91 Å². The van der Waals surface area contributed by atoms with Crippen LogP contribution in [-0.2, 0) is 0 Å². The van der Waals surface area contributed by atoms with Gasteiger partial charge in [-0.15, -0.1) is 0 Å². The van der Waals surface area contributed by atoms with Crippen LogP contribution in [0.5, 0.6) is 0 Å². The highest BCUT2D eigenvalue weighted by Crippen LogP contribution is 2.26. The van der Waals surface area contributed by atoms with Crippen LogP contribution in [-0.4, -0.2) is 5.91 Å². The van der Waals surface area contributed by atoms with Gasteiger partial charge in [0.2, 0.25) is 0 Å². The number of benzene rings is 2. The Kier molecular flexibility index (Phi) is 4.96. The summed E-state index contributed by atoms with van der Waals surface area (Å²) in [4.78, 5) is 12.3. The zero-order valence-corrected chi connectivity index (χ0v) is 13.3. The summed E-state index contributed by atoms with van der Waals surface area (Å²) in [6.07, 6.45) is 1.05. The van der Waals surface area contributed by atoms with E-state index in [1.54, 1.807) is 0 Å². The van der Waals surface area contributed by atoms with E-state index >= 15 is 0 Å². The van der Waals surface area contributed by atoms with Gasteiger partial charge in [0, 0.05) is 15.7 Å². The molecule has 0 aliphatic heterocycles. The fourth-order valence-corrected chi connectivity index (χ4v) is 2.32. The van der Waals surface area contributed by atoms with E-state index < -0.39 is 0 Å². The molecular weight excluding hydrogens is 314 g/mol. The smallest absolute Gasteiger partial charge is 0.255 e. The quantitative estimate of drug-likeness (QED) is 0.818. The van der Waals surface area contributed by atoms with Crippen LogP contribution < -0.4 is 5.32 Å². The van der Waals surface area contributed by atoms with E-state index in [0.29, 0.717) is 11.5 Å². The molecule has 2 aromatic carbocycles. The van der Waals surface area contributed by atoms with Gasteiger partial charge in [-0.3, -0.25) is 4.79 Å². The van der Waals surface area contributed by atoms with Crippen molar-refractivity contribution in [2.75, 3.05) is 5.32 Å². The van der Waals surface area contributed by atoms with E-state index in [-0.39, 0.29) is 5.91 Å². The Morgan fingerprint density at radius 2 is 1.80 bits per heavy atom. The Balaban J connectivity index is 2.21. The molecule has 2 rings (SSSR count). The second-order valence-corrected chi connectivity index (χ2v) is 5.77. The van der Waals surface area contributed by atoms with E-state index in [9.17, 15) is 4.79 Å². The summed E-state index contributed by atoms with van der Waals surface area (Å²) in [5, 5.41) is 3.01. The molecule has 0 unspecified atom stereocenters. The zero-order valence-electron chi connectivity index (χ0n) is 11.7. The molecule has 1 atom stereocenters. The summed E-state index contributed by atoms with van der Waals surface area (Å²) in [7, 11) is 0. The van der Waals surface area contributed by atoms with Crippen molar-refractivity contribution in [2.45, 2.75) is 26.2 Å². The highest BCUT2D eigenvalue weighted by molar-refractivity contribution is 9.10. The number of hydrogen-bond acceptors (Lipinski definition) is 1. The SMILES string of the molecule is CC[C@H](C)c1ccccc1NC(=O)c1ccc(Br)cc1. The Morgan fingerprint density at radius 3 is 2.45 bits per heavy atom. The lowest BCUT2D eigenvalue weighted by Crippen LogP contribution is -2.13. The van der Waals surface area contributed by atoms with Crippen molar-refractivity contribution in [3.63, 3.8) is 0 Å². The van der Waals surface area contributed by atoms with Gasteiger partial charge < -0.3 is 5.32 Å². The van der Waals surface area contributed by atoms with Gasteiger partial charge >= 0.3 is 0 Å². The third-order valence-electron chi connectivity index (χ3n) is 3.46. The fourth-order valence-electron chi connectivity index (χ4n) is 2.06. The Bertz CT molecular complexity index is 592. The number of amides is 1. The first kappa shape index (κ1) is 14.8. The van der Waals surface area contributed by atoms with Crippen molar-refractivity contribution in [3.05, 3.63) is 64.1 Å². The molecular formula is C17H18BrNO. The van der Waals surface area contributed by atoms with Crippen LogP contribution >= 0.6 is 15.9 Å². The molecule has 104 valence electrons. The number of para-hydroxylation sites is 1. The molecule has 1 N–H and O–H groups in total. The van der Waals surface area contributed by atoms with E-state index in [2.05, 4.69) is 41.2 Å². The normalized spacial score (nSPS) is 11.9. The highest BCUT2D eigenvalue weighted by atomic mass is 79.9. The molecule has 20 heavy (non-hydrogen) atoms. The number of halogens is 1. The number of carbonyl (C=O) groups excluding carboxylic acids is 1. The van der Waals surface area contributed by atoms with Gasteiger partial charge in [0.1, 0.15) is 0 Å². The largest absolute Gasteiger partial charge is 0.322 e. The lowest BCUT2D eigenvalue weighted by Gasteiger charge is -2.15. The second kappa shape index (κ2) is 6.71. The predicted molar refractivity (Wildman–Crippen MR) is 87.2 cm³/mol. The van der Waals surface area contributed by atoms with Gasteiger partial charge in [-0.1, -0.05) is 48.0 Å². The first-order valence-electron chi connectivity index (χ1n) is 6.77. The fraction of sp³-hybridized carbons (Fsp3) is 0.235. The summed E-state index contributed by atoms with van der Waals surface area (Å²) in [6, 6.07) is 15.4. The molecule has 3 heteroatoms. The molecule has 0 aromatic heterocycles. The van der Waals surface area contributed by atoms with E-state index in [1.807, 2.05) is 42.5 Å². The molecule has 2 aromatic rings. The molecule has 0 radical (unpaired) electrons. The van der Waals surface area contributed by atoms with Crippen molar-refractivity contribution < 1.29 is 4.79 Å². The standard InChI is InChI=1S/C17H18BrNO/c1-3-12(2)15-6-4-5-7-16(15)19-17(20)13-8-10-14(18)11-9-13/h4-12H,3H2,1-2H3,(H,19,20)/t12-/m0/s1. The number of rotatable bonds is 4. The lowest BCUT2D eigenvalue weighted by molar-refractivity contribution is 0.102. The topological polar surface area (TPSA) is 29.1 Å². The Morgan fingerprint density at radius 1 is 1.15 bits per heavy atom. The van der Waals surface area contributed by atoms with Crippen LogP contribution in [0.2, 0.25) is 0 Å². The van der Waals surface area contributed by atoms with Gasteiger partial charge in [-0.05, 0) is 48.2 Å². The number of nitrogens with one attached hydrogen (secondary N) is 1. The van der Waals surface area contributed by atoms with Crippen LogP contribution in [0, 0.1) is 0 Å². The molecule has 0 fully saturated rings. The molecule has 0 saturated heterocycles. The minimum absolute atomic E-state index is 0.0757. The third-order valence-corrected chi connectivity index (χ3v) is 3.99. The maximum absolute atomic E-state index is 12.3. The minimum atomic E-state index is -0.0757. The van der Waals surface area contributed by atoms with E-state index in [4.69, 9.17) is 0 Å². The molecule has 2 nitrogen and oxygen atoms in total. The van der Waals surface area contributed by atoms with Crippen molar-refractivity contribution in [3.8, 4) is 0 Å². The minimum Gasteiger partial charge on any atom is -0.322 e. The third kappa shape index (κ3) is 3.48. The van der Waals surface area contributed by atoms with Crippen LogP contribution in [0.3, 0.4) is 0 Å². The van der Waals surface area contributed by atoms with Gasteiger partial charge in [0.05, 0.1) is 0 Å². The Labute approximate surface area is 128 Å². The van der Waals surface area contributed by atoms with Crippen molar-refractivity contribution in [1.82, 2.24) is 0 Å². The van der Waals surface area contributed by atoms with Gasteiger partial charge in [-0.25, -0.2) is 0 Å². The van der Waals surface area contributed by atoms with Crippen LogP contribution in [0.1, 0.15) is 42.1 Å². The van der Waals surface area contributed by atoms with E-state index in [1.165, 1.54) is 5.56 Å². The number of anilines is 1. The predicted octanol–water partition coefficient (Wildman–Crippen LogP) is 5.21. The van der Waals surface area contributed by atoms with Crippen molar-refractivity contribution >= 4 is 27.5 Å². The van der Waals surface area contributed by atoms with Gasteiger partial charge in [0.15, 0.2) is 0 Å². The highest BCUT2D eigenvalue weighted by Gasteiger charge is 2.12. The number of carbonyl (C=O) groups is 1. The average molecular weight is 332 g/mol. The molecule has 0 heterocycles. The molecule has 0 bridgehead atoms. The molecule has 0 aliphatic rings. The first-order chi connectivity index (χ1) is 9.61. The monoisotopic (exact) mass is 331 g/mol. The Hall–Kier alpha value is -1.61. The average Bonchev–Trinajstić information content (AvgIpc) is 2.47. The first-order valence-corrected chi connectivity index (χ1v) is 7.57. The molecule has 0 aliphatic carbocycles. The molecule has 1 amide bonds. The lowest BCUT2D eigenvalue weighted by atomic mass is 9.97. The zero-order chi connectivity index (χ0) is 14.5. The number of hydrogen-bond donors (Lipinski definition) is 1. The van der Waals surface area contributed by atoms with Crippen LogP contribution in [0.25, 0.3) is 0 Å². The summed E-state index contributed by atoms with van der Waals surface area (Å²) in [5.41, 5.74) is 2.74. The van der Waals surface area contributed by atoms with Crippen LogP contribution in [0.4, 0.5) is 5.69 Å². The summed E-state index contributed by atoms with van der Waals surface area (Å²) >= 11 is 3.37. The van der Waals surface area contributed by atoms with E-state index in [0.717, 1.165) is 16.6 Å². The molecule has 0 spiro atoms. The summed E-state index contributed by atoms with van der Waals surface area (Å²) in [6.45, 7) is 4.32. The molecule has 0 saturated carbocycles. The summed E-state index contributed by atoms with van der Waals surface area (Å²) in [5.74, 6) is 0.352.